The fraction of sp³-hybridized carbons (Fsp3) is 0.0385. The standard InChI is InChI=1S/C26H18ClFN4O2/c1-14-6-8-17(11-20(14)25(33)34)31-26-30-13-15-12-29-24(19-4-2-3-5-22(19)28)21-10-16(27)7-9-18(21)23(15)32-26/h2-13,29H,1H3,(H,31,32)(H,33,34). The van der Waals surface area contributed by atoms with Crippen molar-refractivity contribution in [1.82, 2.24) is 15.3 Å². The van der Waals surface area contributed by atoms with E-state index in [1.807, 2.05) is 6.07 Å². The van der Waals surface area contributed by atoms with Crippen LogP contribution in [-0.4, -0.2) is 21.0 Å². The number of nitrogens with one attached hydrogen (secondary N) is 2. The summed E-state index contributed by atoms with van der Waals surface area (Å²) in [6.45, 7) is 1.74. The summed E-state index contributed by atoms with van der Waals surface area (Å²) in [5.41, 5.74) is 2.37. The van der Waals surface area contributed by atoms with Crippen LogP contribution in [0.2, 0.25) is 5.02 Å². The second-order valence-corrected chi connectivity index (χ2v) is 8.23. The molecule has 6 nitrogen and oxygen atoms in total. The number of carboxylic acids is 1. The highest BCUT2D eigenvalue weighted by Crippen LogP contribution is 2.19. The van der Waals surface area contributed by atoms with Gasteiger partial charge in [0.2, 0.25) is 5.95 Å². The molecule has 0 spiro atoms. The fourth-order valence-electron chi connectivity index (χ4n) is 3.88. The lowest BCUT2D eigenvalue weighted by atomic mass is 10.1. The van der Waals surface area contributed by atoms with E-state index in [1.165, 1.54) is 12.1 Å². The average molecular weight is 473 g/mol. The average Bonchev–Trinajstić information content (AvgIpc) is 2.97. The number of carboxylic acid groups (broad SMARTS) is 1. The van der Waals surface area contributed by atoms with Gasteiger partial charge in [-0.3, -0.25) is 0 Å². The van der Waals surface area contributed by atoms with Crippen LogP contribution in [0.4, 0.5) is 16.0 Å². The first-order chi connectivity index (χ1) is 16.4. The van der Waals surface area contributed by atoms with Crippen molar-refractivity contribution >= 4 is 41.1 Å². The Bertz CT molecular complexity index is 1690. The Kier molecular flexibility index (Phi) is 5.47. The second-order valence-electron chi connectivity index (χ2n) is 7.79. The minimum absolute atomic E-state index is 0.196. The smallest absolute Gasteiger partial charge is 0.336 e. The molecule has 3 aromatic carbocycles. The van der Waals surface area contributed by atoms with Gasteiger partial charge in [-0.25, -0.2) is 19.2 Å². The maximum Gasteiger partial charge on any atom is 0.336 e. The summed E-state index contributed by atoms with van der Waals surface area (Å²) in [6.07, 6.45) is 3.37. The summed E-state index contributed by atoms with van der Waals surface area (Å²) in [5, 5.41) is 19.0. The van der Waals surface area contributed by atoms with Crippen LogP contribution in [0, 0.1) is 23.3 Å². The summed E-state index contributed by atoms with van der Waals surface area (Å²) in [6, 6.07) is 16.9. The molecule has 0 radical (unpaired) electrons. The molecule has 1 aliphatic rings. The zero-order valence-electron chi connectivity index (χ0n) is 17.9. The normalized spacial score (nSPS) is 12.0. The first-order valence-corrected chi connectivity index (χ1v) is 10.8. The molecule has 2 heterocycles. The number of carbonyl (C=O) groups is 1. The Morgan fingerprint density at radius 3 is 2.71 bits per heavy atom. The number of rotatable bonds is 4. The monoisotopic (exact) mass is 472 g/mol. The summed E-state index contributed by atoms with van der Waals surface area (Å²) in [7, 11) is 0. The first-order valence-electron chi connectivity index (χ1n) is 10.4. The molecule has 4 aromatic rings. The Balaban J connectivity index is 1.74. The van der Waals surface area contributed by atoms with E-state index in [2.05, 4.69) is 15.6 Å². The largest absolute Gasteiger partial charge is 0.478 e. The summed E-state index contributed by atoms with van der Waals surface area (Å²) < 4.78 is 14.7. The number of hydrogen-bond acceptors (Lipinski definition) is 5. The van der Waals surface area contributed by atoms with Crippen LogP contribution in [0.1, 0.15) is 21.5 Å². The SMILES string of the molecule is Cc1ccc(Nc2ncc3c(n2)=c2ccc(Cl)cc2=C(c2ccccc2F)NC=3)cc1C(=O)O. The van der Waals surface area contributed by atoms with Crippen molar-refractivity contribution in [3.8, 4) is 0 Å². The number of halogens is 2. The van der Waals surface area contributed by atoms with E-state index < -0.39 is 5.97 Å². The zero-order valence-corrected chi connectivity index (χ0v) is 18.7. The van der Waals surface area contributed by atoms with Crippen molar-refractivity contribution in [2.75, 3.05) is 5.32 Å². The van der Waals surface area contributed by atoms with E-state index in [0.717, 1.165) is 5.22 Å². The van der Waals surface area contributed by atoms with E-state index in [9.17, 15) is 14.3 Å². The molecule has 0 unspecified atom stereocenters. The molecule has 34 heavy (non-hydrogen) atoms. The zero-order chi connectivity index (χ0) is 23.8. The van der Waals surface area contributed by atoms with Crippen molar-refractivity contribution in [1.29, 1.82) is 0 Å². The highest BCUT2D eigenvalue weighted by molar-refractivity contribution is 6.30. The van der Waals surface area contributed by atoms with Gasteiger partial charge in [-0.1, -0.05) is 35.9 Å². The van der Waals surface area contributed by atoms with Gasteiger partial charge in [-0.15, -0.1) is 0 Å². The number of aromatic carboxylic acids is 1. The van der Waals surface area contributed by atoms with Crippen LogP contribution < -0.4 is 21.1 Å². The molecule has 8 heteroatoms. The third kappa shape index (κ3) is 3.97. The van der Waals surface area contributed by atoms with Crippen molar-refractivity contribution < 1.29 is 14.3 Å². The van der Waals surface area contributed by atoms with E-state index in [4.69, 9.17) is 16.6 Å². The van der Waals surface area contributed by atoms with Gasteiger partial charge in [0, 0.05) is 44.3 Å². The summed E-state index contributed by atoms with van der Waals surface area (Å²) in [5.74, 6) is -1.08. The van der Waals surface area contributed by atoms with Gasteiger partial charge in [0.15, 0.2) is 0 Å². The van der Waals surface area contributed by atoms with E-state index in [1.54, 1.807) is 61.8 Å². The van der Waals surface area contributed by atoms with Gasteiger partial charge in [0.25, 0.3) is 0 Å². The van der Waals surface area contributed by atoms with Crippen molar-refractivity contribution in [2.45, 2.75) is 6.92 Å². The topological polar surface area (TPSA) is 87.1 Å². The van der Waals surface area contributed by atoms with Crippen LogP contribution in [0.25, 0.3) is 11.9 Å². The number of fused-ring (bicyclic) bond motifs is 2. The third-order valence-corrected chi connectivity index (χ3v) is 5.80. The number of benzene rings is 3. The molecule has 0 saturated carbocycles. The number of nitrogens with zero attached hydrogens (tertiary/aromatic N) is 2. The first kappa shape index (κ1) is 21.6. The summed E-state index contributed by atoms with van der Waals surface area (Å²) >= 11 is 6.30. The number of aryl methyl sites for hydroxylation is 1. The van der Waals surface area contributed by atoms with Gasteiger partial charge in [-0.05, 0) is 48.9 Å². The molecule has 1 aliphatic heterocycles. The summed E-state index contributed by atoms with van der Waals surface area (Å²) in [4.78, 5) is 20.6. The number of hydrogen-bond donors (Lipinski definition) is 3. The van der Waals surface area contributed by atoms with Crippen LogP contribution >= 0.6 is 11.6 Å². The molecule has 0 saturated heterocycles. The van der Waals surface area contributed by atoms with E-state index in [0.29, 0.717) is 49.3 Å². The van der Waals surface area contributed by atoms with E-state index >= 15 is 0 Å². The van der Waals surface area contributed by atoms with Crippen LogP contribution in [0.5, 0.6) is 0 Å². The van der Waals surface area contributed by atoms with Crippen molar-refractivity contribution in [3.05, 3.63) is 115 Å². The molecule has 0 atom stereocenters. The number of anilines is 2. The van der Waals surface area contributed by atoms with E-state index in [-0.39, 0.29) is 11.4 Å². The van der Waals surface area contributed by atoms with Gasteiger partial charge in [0.1, 0.15) is 5.82 Å². The van der Waals surface area contributed by atoms with Crippen molar-refractivity contribution in [2.24, 2.45) is 0 Å². The van der Waals surface area contributed by atoms with Gasteiger partial charge in [-0.2, -0.15) is 0 Å². The highest BCUT2D eigenvalue weighted by Gasteiger charge is 2.12. The van der Waals surface area contributed by atoms with Crippen molar-refractivity contribution in [3.63, 3.8) is 0 Å². The molecule has 168 valence electrons. The predicted octanol–water partition coefficient (Wildman–Crippen LogP) is 3.80. The maximum absolute atomic E-state index is 14.7. The fourth-order valence-corrected chi connectivity index (χ4v) is 4.05. The predicted molar refractivity (Wildman–Crippen MR) is 128 cm³/mol. The van der Waals surface area contributed by atoms with Crippen LogP contribution in [-0.2, 0) is 0 Å². The van der Waals surface area contributed by atoms with Crippen LogP contribution in [0.15, 0.2) is 66.9 Å². The molecular weight excluding hydrogens is 455 g/mol. The molecule has 0 fully saturated rings. The quantitative estimate of drug-likeness (QED) is 0.419. The lowest BCUT2D eigenvalue weighted by Gasteiger charge is -2.09. The molecule has 1 aromatic heterocycles. The second kappa shape index (κ2) is 8.61. The van der Waals surface area contributed by atoms with Gasteiger partial charge < -0.3 is 15.7 Å². The molecule has 0 amide bonds. The molecule has 0 aliphatic carbocycles. The minimum atomic E-state index is -1.01. The Morgan fingerprint density at radius 1 is 1.09 bits per heavy atom. The highest BCUT2D eigenvalue weighted by atomic mass is 35.5. The van der Waals surface area contributed by atoms with Gasteiger partial charge >= 0.3 is 5.97 Å². The third-order valence-electron chi connectivity index (χ3n) is 5.56. The number of aromatic nitrogens is 2. The Morgan fingerprint density at radius 2 is 1.91 bits per heavy atom. The molecular formula is C26H18ClFN4O2. The lowest BCUT2D eigenvalue weighted by molar-refractivity contribution is 0.0696. The molecule has 5 rings (SSSR count). The van der Waals surface area contributed by atoms with Crippen LogP contribution in [0.3, 0.4) is 0 Å². The molecule has 0 bridgehead atoms. The Hall–Kier alpha value is -4.23. The van der Waals surface area contributed by atoms with Gasteiger partial charge in [0.05, 0.1) is 16.6 Å². The maximum atomic E-state index is 14.7. The molecule has 3 N–H and O–H groups in total. The lowest BCUT2D eigenvalue weighted by Crippen LogP contribution is -2.18. The minimum Gasteiger partial charge on any atom is -0.478 e. The Labute approximate surface area is 198 Å².